The average Bonchev–Trinajstić information content (AvgIpc) is 2.66. The van der Waals surface area contributed by atoms with Crippen LogP contribution < -0.4 is 5.73 Å². The van der Waals surface area contributed by atoms with Gasteiger partial charge in [0.15, 0.2) is 0 Å². The molecule has 1 aliphatic heterocycles. The van der Waals surface area contributed by atoms with Crippen molar-refractivity contribution in [1.82, 2.24) is 4.90 Å². The van der Waals surface area contributed by atoms with E-state index >= 15 is 0 Å². The molecule has 1 saturated heterocycles. The van der Waals surface area contributed by atoms with Gasteiger partial charge in [-0.2, -0.15) is 0 Å². The van der Waals surface area contributed by atoms with Crippen molar-refractivity contribution in [3.8, 4) is 0 Å². The number of hydrogen-bond acceptors (Lipinski definition) is 2. The summed E-state index contributed by atoms with van der Waals surface area (Å²) in [5, 5.41) is 0. The maximum atomic E-state index is 6.29. The van der Waals surface area contributed by atoms with Gasteiger partial charge in [-0.25, -0.2) is 0 Å². The molecule has 0 bridgehead atoms. The van der Waals surface area contributed by atoms with Gasteiger partial charge in [-0.1, -0.05) is 36.8 Å². The molecule has 2 fully saturated rings. The van der Waals surface area contributed by atoms with Crippen molar-refractivity contribution < 1.29 is 0 Å². The molecule has 0 spiro atoms. The minimum Gasteiger partial charge on any atom is -0.326 e. The lowest BCUT2D eigenvalue weighted by molar-refractivity contribution is 0.202. The molecule has 2 atom stereocenters. The summed E-state index contributed by atoms with van der Waals surface area (Å²) in [6.45, 7) is 3.51. The Bertz CT molecular complexity index is 358. The Morgan fingerprint density at radius 3 is 2.53 bits per heavy atom. The molecule has 1 saturated carbocycles. The fraction of sp³-hybridized carbons (Fsp3) is 0.600. The standard InChI is InChI=1S/C15H22N2/c16-15-11-17(9-12-5-4-6-12)10-14(15)13-7-2-1-3-8-13/h1-3,7-8,12,14-15H,4-6,9-11,16H2. The number of likely N-dealkylation sites (tertiary alicyclic amines) is 1. The Hall–Kier alpha value is -0.860. The minimum absolute atomic E-state index is 0.317. The van der Waals surface area contributed by atoms with Crippen molar-refractivity contribution >= 4 is 0 Å². The highest BCUT2D eigenvalue weighted by atomic mass is 15.2. The van der Waals surface area contributed by atoms with E-state index in [9.17, 15) is 0 Å². The molecule has 2 heteroatoms. The van der Waals surface area contributed by atoms with Gasteiger partial charge in [0.05, 0.1) is 0 Å². The van der Waals surface area contributed by atoms with Crippen LogP contribution in [0.4, 0.5) is 0 Å². The zero-order chi connectivity index (χ0) is 11.7. The van der Waals surface area contributed by atoms with Crippen LogP contribution in [0, 0.1) is 5.92 Å². The van der Waals surface area contributed by atoms with Gasteiger partial charge >= 0.3 is 0 Å². The third-order valence-electron chi connectivity index (χ3n) is 4.41. The zero-order valence-corrected chi connectivity index (χ0v) is 10.4. The number of nitrogens with two attached hydrogens (primary N) is 1. The summed E-state index contributed by atoms with van der Waals surface area (Å²) in [4.78, 5) is 2.58. The van der Waals surface area contributed by atoms with Crippen LogP contribution in [-0.4, -0.2) is 30.6 Å². The molecule has 3 rings (SSSR count). The molecular weight excluding hydrogens is 208 g/mol. The summed E-state index contributed by atoms with van der Waals surface area (Å²) >= 11 is 0. The fourth-order valence-electron chi connectivity index (χ4n) is 3.16. The highest BCUT2D eigenvalue weighted by molar-refractivity contribution is 5.23. The normalized spacial score (nSPS) is 30.4. The number of benzene rings is 1. The summed E-state index contributed by atoms with van der Waals surface area (Å²) in [7, 11) is 0. The van der Waals surface area contributed by atoms with Crippen molar-refractivity contribution in [3.63, 3.8) is 0 Å². The largest absolute Gasteiger partial charge is 0.326 e. The second-order valence-corrected chi connectivity index (χ2v) is 5.70. The molecule has 0 amide bonds. The van der Waals surface area contributed by atoms with E-state index in [2.05, 4.69) is 35.2 Å². The molecule has 0 aromatic heterocycles. The summed E-state index contributed by atoms with van der Waals surface area (Å²) in [6, 6.07) is 11.1. The van der Waals surface area contributed by atoms with Crippen molar-refractivity contribution in [2.75, 3.05) is 19.6 Å². The molecular formula is C15H22N2. The van der Waals surface area contributed by atoms with Crippen LogP contribution in [0.1, 0.15) is 30.7 Å². The number of hydrogen-bond donors (Lipinski definition) is 1. The quantitative estimate of drug-likeness (QED) is 0.862. The van der Waals surface area contributed by atoms with Gasteiger partial charge in [0.2, 0.25) is 0 Å². The first-order valence-electron chi connectivity index (χ1n) is 6.86. The SMILES string of the molecule is NC1CN(CC2CCC2)CC1c1ccccc1. The smallest absolute Gasteiger partial charge is 0.0249 e. The van der Waals surface area contributed by atoms with Crippen molar-refractivity contribution in [3.05, 3.63) is 35.9 Å². The summed E-state index contributed by atoms with van der Waals surface area (Å²) in [6.07, 6.45) is 4.30. The van der Waals surface area contributed by atoms with E-state index in [0.717, 1.165) is 19.0 Å². The third-order valence-corrected chi connectivity index (χ3v) is 4.41. The molecule has 2 aliphatic rings. The second kappa shape index (κ2) is 4.79. The Morgan fingerprint density at radius 1 is 1.12 bits per heavy atom. The van der Waals surface area contributed by atoms with E-state index in [0.29, 0.717) is 12.0 Å². The van der Waals surface area contributed by atoms with E-state index in [1.165, 1.54) is 31.4 Å². The Labute approximate surface area is 104 Å². The first-order valence-corrected chi connectivity index (χ1v) is 6.86. The Balaban J connectivity index is 1.63. The van der Waals surface area contributed by atoms with Crippen molar-refractivity contribution in [1.29, 1.82) is 0 Å². The van der Waals surface area contributed by atoms with Crippen LogP contribution in [-0.2, 0) is 0 Å². The number of nitrogens with zero attached hydrogens (tertiary/aromatic N) is 1. The Kier molecular flexibility index (Phi) is 3.17. The van der Waals surface area contributed by atoms with Gasteiger partial charge < -0.3 is 10.6 Å². The molecule has 92 valence electrons. The first-order chi connectivity index (χ1) is 8.33. The molecule has 1 heterocycles. The number of rotatable bonds is 3. The topological polar surface area (TPSA) is 29.3 Å². The third kappa shape index (κ3) is 2.38. The maximum Gasteiger partial charge on any atom is 0.0249 e. The van der Waals surface area contributed by atoms with Gasteiger partial charge in [0, 0.05) is 31.6 Å². The average molecular weight is 230 g/mol. The van der Waals surface area contributed by atoms with Gasteiger partial charge in [-0.15, -0.1) is 0 Å². The van der Waals surface area contributed by atoms with E-state index in [4.69, 9.17) is 5.73 Å². The second-order valence-electron chi connectivity index (χ2n) is 5.70. The van der Waals surface area contributed by atoms with E-state index in [1.807, 2.05) is 0 Å². The van der Waals surface area contributed by atoms with E-state index < -0.39 is 0 Å². The van der Waals surface area contributed by atoms with Crippen LogP contribution in [0.3, 0.4) is 0 Å². The van der Waals surface area contributed by atoms with Gasteiger partial charge in [-0.3, -0.25) is 0 Å². The van der Waals surface area contributed by atoms with Crippen LogP contribution in [0.5, 0.6) is 0 Å². The van der Waals surface area contributed by atoms with Crippen LogP contribution in [0.15, 0.2) is 30.3 Å². The highest BCUT2D eigenvalue weighted by Gasteiger charge is 2.33. The van der Waals surface area contributed by atoms with E-state index in [1.54, 1.807) is 0 Å². The van der Waals surface area contributed by atoms with Crippen LogP contribution in [0.25, 0.3) is 0 Å². The summed E-state index contributed by atoms with van der Waals surface area (Å²) in [5.74, 6) is 1.49. The maximum absolute atomic E-state index is 6.29. The molecule has 2 nitrogen and oxygen atoms in total. The zero-order valence-electron chi connectivity index (χ0n) is 10.4. The minimum atomic E-state index is 0.317. The van der Waals surface area contributed by atoms with Gasteiger partial charge in [0.1, 0.15) is 0 Å². The molecule has 17 heavy (non-hydrogen) atoms. The predicted molar refractivity (Wildman–Crippen MR) is 70.9 cm³/mol. The highest BCUT2D eigenvalue weighted by Crippen LogP contribution is 2.31. The lowest BCUT2D eigenvalue weighted by atomic mass is 9.85. The molecule has 2 N–H and O–H groups in total. The van der Waals surface area contributed by atoms with E-state index in [-0.39, 0.29) is 0 Å². The van der Waals surface area contributed by atoms with Crippen molar-refractivity contribution in [2.45, 2.75) is 31.2 Å². The first kappa shape index (κ1) is 11.2. The molecule has 1 aromatic carbocycles. The van der Waals surface area contributed by atoms with Gasteiger partial charge in [0.25, 0.3) is 0 Å². The molecule has 1 aromatic rings. The summed E-state index contributed by atoms with van der Waals surface area (Å²) < 4.78 is 0. The predicted octanol–water partition coefficient (Wildman–Crippen LogP) is 2.21. The molecule has 2 unspecified atom stereocenters. The molecule has 0 radical (unpaired) electrons. The van der Waals surface area contributed by atoms with Crippen LogP contribution in [0.2, 0.25) is 0 Å². The Morgan fingerprint density at radius 2 is 1.88 bits per heavy atom. The van der Waals surface area contributed by atoms with Crippen LogP contribution >= 0.6 is 0 Å². The summed E-state index contributed by atoms with van der Waals surface area (Å²) in [5.41, 5.74) is 7.71. The fourth-order valence-corrected chi connectivity index (χ4v) is 3.16. The monoisotopic (exact) mass is 230 g/mol. The lowest BCUT2D eigenvalue weighted by Crippen LogP contribution is -2.33. The van der Waals surface area contributed by atoms with Gasteiger partial charge in [-0.05, 0) is 24.3 Å². The molecule has 1 aliphatic carbocycles. The lowest BCUT2D eigenvalue weighted by Gasteiger charge is -2.30. The van der Waals surface area contributed by atoms with Crippen molar-refractivity contribution in [2.24, 2.45) is 11.7 Å².